The molecule has 5 heteroatoms. The van der Waals surface area contributed by atoms with Gasteiger partial charge in [-0.2, -0.15) is 0 Å². The van der Waals surface area contributed by atoms with Gasteiger partial charge in [0.05, 0.1) is 0 Å². The topological polar surface area (TPSA) is 44.4 Å². The molecule has 0 saturated carbocycles. The molecule has 1 saturated heterocycles. The van der Waals surface area contributed by atoms with Crippen LogP contribution in [0.15, 0.2) is 48.5 Å². The number of urea groups is 1. The fourth-order valence-corrected chi connectivity index (χ4v) is 3.91. The van der Waals surface area contributed by atoms with E-state index in [0.717, 1.165) is 32.5 Å². The fourth-order valence-electron chi connectivity index (χ4n) is 3.91. The highest BCUT2D eigenvalue weighted by molar-refractivity contribution is 5.74. The lowest BCUT2D eigenvalue weighted by molar-refractivity contribution is 0.186. The maximum atomic E-state index is 14.1. The minimum atomic E-state index is -0.473. The molecule has 3 rings (SSSR count). The van der Waals surface area contributed by atoms with Crippen molar-refractivity contribution in [3.05, 3.63) is 71.0 Å². The number of halogens is 1. The minimum Gasteiger partial charge on any atom is -0.337 e. The Labute approximate surface area is 173 Å². The van der Waals surface area contributed by atoms with Crippen molar-refractivity contribution < 1.29 is 9.18 Å². The number of piperidine rings is 1. The summed E-state index contributed by atoms with van der Waals surface area (Å²) in [4.78, 5) is 14.8. The summed E-state index contributed by atoms with van der Waals surface area (Å²) < 4.78 is 14.1. The quantitative estimate of drug-likeness (QED) is 0.760. The summed E-state index contributed by atoms with van der Waals surface area (Å²) in [6.45, 7) is 9.32. The van der Waals surface area contributed by atoms with Crippen molar-refractivity contribution in [2.45, 2.75) is 51.6 Å². The molecular formula is C24H32FN3O. The number of nitrogens with zero attached hydrogens (tertiary/aromatic N) is 1. The molecule has 1 heterocycles. The SMILES string of the molecule is Cc1ccccc1CN1CCC(NC(=O)NCC(C)(C)c2ccccc2F)CC1. The lowest BCUT2D eigenvalue weighted by Crippen LogP contribution is -2.49. The van der Waals surface area contributed by atoms with E-state index in [2.05, 4.69) is 46.7 Å². The first kappa shape index (κ1) is 21.3. The Morgan fingerprint density at radius 2 is 1.76 bits per heavy atom. The van der Waals surface area contributed by atoms with Crippen LogP contribution in [0.2, 0.25) is 0 Å². The van der Waals surface area contributed by atoms with Gasteiger partial charge in [-0.15, -0.1) is 0 Å². The Morgan fingerprint density at radius 1 is 1.10 bits per heavy atom. The first-order chi connectivity index (χ1) is 13.8. The summed E-state index contributed by atoms with van der Waals surface area (Å²) in [5.41, 5.74) is 2.83. The van der Waals surface area contributed by atoms with Crippen LogP contribution < -0.4 is 10.6 Å². The summed E-state index contributed by atoms with van der Waals surface area (Å²) in [5, 5.41) is 6.01. The van der Waals surface area contributed by atoms with Crippen molar-refractivity contribution in [2.75, 3.05) is 19.6 Å². The maximum absolute atomic E-state index is 14.1. The molecule has 2 aromatic carbocycles. The Kier molecular flexibility index (Phi) is 6.91. The maximum Gasteiger partial charge on any atom is 0.315 e. The number of nitrogens with one attached hydrogen (secondary N) is 2. The molecule has 0 atom stereocenters. The van der Waals surface area contributed by atoms with E-state index in [1.807, 2.05) is 19.9 Å². The summed E-state index contributed by atoms with van der Waals surface area (Å²) >= 11 is 0. The van der Waals surface area contributed by atoms with Gasteiger partial charge in [-0.1, -0.05) is 56.3 Å². The second-order valence-corrected chi connectivity index (χ2v) is 8.67. The zero-order valence-corrected chi connectivity index (χ0v) is 17.7. The van der Waals surface area contributed by atoms with E-state index in [1.54, 1.807) is 12.1 Å². The van der Waals surface area contributed by atoms with Crippen LogP contribution in [-0.2, 0) is 12.0 Å². The van der Waals surface area contributed by atoms with E-state index in [9.17, 15) is 9.18 Å². The lowest BCUT2D eigenvalue weighted by Gasteiger charge is -2.33. The van der Waals surface area contributed by atoms with Crippen LogP contribution >= 0.6 is 0 Å². The van der Waals surface area contributed by atoms with Gasteiger partial charge in [0, 0.05) is 37.6 Å². The molecule has 4 nitrogen and oxygen atoms in total. The van der Waals surface area contributed by atoms with E-state index in [1.165, 1.54) is 17.2 Å². The third-order valence-corrected chi connectivity index (χ3v) is 5.87. The number of likely N-dealkylation sites (tertiary alicyclic amines) is 1. The normalized spacial score (nSPS) is 15.9. The van der Waals surface area contributed by atoms with Crippen molar-refractivity contribution in [1.82, 2.24) is 15.5 Å². The number of carbonyl (C=O) groups is 1. The molecule has 1 aliphatic heterocycles. The second-order valence-electron chi connectivity index (χ2n) is 8.67. The molecule has 1 aliphatic rings. The molecule has 0 radical (unpaired) electrons. The van der Waals surface area contributed by atoms with Gasteiger partial charge in [0.25, 0.3) is 0 Å². The van der Waals surface area contributed by atoms with Crippen LogP contribution in [0.3, 0.4) is 0 Å². The molecule has 0 aromatic heterocycles. The third kappa shape index (κ3) is 5.80. The van der Waals surface area contributed by atoms with Gasteiger partial charge < -0.3 is 10.6 Å². The molecule has 156 valence electrons. The predicted molar refractivity (Wildman–Crippen MR) is 115 cm³/mol. The molecule has 0 unspecified atom stereocenters. The van der Waals surface area contributed by atoms with Crippen molar-refractivity contribution in [2.24, 2.45) is 0 Å². The number of hydrogen-bond acceptors (Lipinski definition) is 2. The summed E-state index contributed by atoms with van der Waals surface area (Å²) in [6, 6.07) is 15.2. The Hall–Kier alpha value is -2.40. The Bertz CT molecular complexity index is 828. The number of benzene rings is 2. The number of amides is 2. The van der Waals surface area contributed by atoms with Crippen LogP contribution in [0.25, 0.3) is 0 Å². The van der Waals surface area contributed by atoms with Gasteiger partial charge in [0.2, 0.25) is 0 Å². The average molecular weight is 398 g/mol. The highest BCUT2D eigenvalue weighted by atomic mass is 19.1. The minimum absolute atomic E-state index is 0.174. The van der Waals surface area contributed by atoms with Crippen LogP contribution in [0.1, 0.15) is 43.4 Å². The van der Waals surface area contributed by atoms with Gasteiger partial charge in [-0.3, -0.25) is 4.90 Å². The van der Waals surface area contributed by atoms with E-state index in [4.69, 9.17) is 0 Å². The molecule has 0 spiro atoms. The Morgan fingerprint density at radius 3 is 2.45 bits per heavy atom. The molecule has 2 aromatic rings. The summed E-state index contributed by atoms with van der Waals surface area (Å²) in [6.07, 6.45) is 1.88. The van der Waals surface area contributed by atoms with Gasteiger partial charge in [0.1, 0.15) is 5.82 Å². The largest absolute Gasteiger partial charge is 0.337 e. The van der Waals surface area contributed by atoms with Gasteiger partial charge in [-0.05, 0) is 42.5 Å². The summed E-state index contributed by atoms with van der Waals surface area (Å²) in [7, 11) is 0. The molecule has 0 bridgehead atoms. The lowest BCUT2D eigenvalue weighted by atomic mass is 9.84. The first-order valence-electron chi connectivity index (χ1n) is 10.4. The number of carbonyl (C=O) groups excluding carboxylic acids is 1. The molecule has 0 aliphatic carbocycles. The van der Waals surface area contributed by atoms with Gasteiger partial charge in [-0.25, -0.2) is 9.18 Å². The zero-order valence-electron chi connectivity index (χ0n) is 17.7. The van der Waals surface area contributed by atoms with Crippen LogP contribution in [0.5, 0.6) is 0 Å². The monoisotopic (exact) mass is 397 g/mol. The first-order valence-corrected chi connectivity index (χ1v) is 10.4. The zero-order chi connectivity index (χ0) is 20.9. The molecule has 2 amide bonds. The van der Waals surface area contributed by atoms with Gasteiger partial charge in [0.15, 0.2) is 0 Å². The number of hydrogen-bond donors (Lipinski definition) is 2. The van der Waals surface area contributed by atoms with Crippen molar-refractivity contribution in [1.29, 1.82) is 0 Å². The number of rotatable bonds is 6. The Balaban J connectivity index is 1.43. The highest BCUT2D eigenvalue weighted by Crippen LogP contribution is 2.24. The van der Waals surface area contributed by atoms with Crippen LogP contribution in [0.4, 0.5) is 9.18 Å². The predicted octanol–water partition coefficient (Wildman–Crippen LogP) is 4.38. The van der Waals surface area contributed by atoms with Crippen molar-refractivity contribution in [3.63, 3.8) is 0 Å². The third-order valence-electron chi connectivity index (χ3n) is 5.87. The fraction of sp³-hybridized carbons (Fsp3) is 0.458. The smallest absolute Gasteiger partial charge is 0.315 e. The van der Waals surface area contributed by atoms with Crippen molar-refractivity contribution in [3.8, 4) is 0 Å². The van der Waals surface area contributed by atoms with Gasteiger partial charge >= 0.3 is 6.03 Å². The number of aryl methyl sites for hydroxylation is 1. The van der Waals surface area contributed by atoms with E-state index in [0.29, 0.717) is 12.1 Å². The molecular weight excluding hydrogens is 365 g/mol. The average Bonchev–Trinajstić information content (AvgIpc) is 2.70. The van der Waals surface area contributed by atoms with E-state index in [-0.39, 0.29) is 17.9 Å². The van der Waals surface area contributed by atoms with Crippen LogP contribution in [-0.4, -0.2) is 36.6 Å². The molecule has 1 fully saturated rings. The molecule has 29 heavy (non-hydrogen) atoms. The van der Waals surface area contributed by atoms with E-state index < -0.39 is 5.41 Å². The highest BCUT2D eigenvalue weighted by Gasteiger charge is 2.26. The second kappa shape index (κ2) is 9.40. The molecule has 2 N–H and O–H groups in total. The summed E-state index contributed by atoms with van der Waals surface area (Å²) in [5.74, 6) is -0.235. The van der Waals surface area contributed by atoms with Crippen LogP contribution in [0, 0.1) is 12.7 Å². The van der Waals surface area contributed by atoms with E-state index >= 15 is 0 Å². The standard InChI is InChI=1S/C24H32FN3O/c1-18-8-4-5-9-19(18)16-28-14-12-20(13-15-28)27-23(29)26-17-24(2,3)21-10-6-7-11-22(21)25/h4-11,20H,12-17H2,1-3H3,(H2,26,27,29). The van der Waals surface area contributed by atoms with Crippen molar-refractivity contribution >= 4 is 6.03 Å².